The number of aliphatic hydroxyl groups excluding tert-OH is 1. The van der Waals surface area contributed by atoms with Crippen LogP contribution in [0, 0.1) is 5.82 Å². The molecule has 1 aromatic rings. The number of hydrogen-bond acceptors (Lipinski definition) is 2. The minimum Gasteiger partial charge on any atom is -0.395 e. The second-order valence-electron chi connectivity index (χ2n) is 3.95. The summed E-state index contributed by atoms with van der Waals surface area (Å²) in [5, 5.41) is 11.5. The van der Waals surface area contributed by atoms with E-state index in [1.54, 1.807) is 0 Å². The lowest BCUT2D eigenvalue weighted by molar-refractivity contribution is 0.172. The number of benzene rings is 1. The van der Waals surface area contributed by atoms with E-state index in [1.807, 2.05) is 13.8 Å². The Bertz CT molecular complexity index is 365. The number of nitrogens with zero attached hydrogens (tertiary/aromatic N) is 1. The predicted molar refractivity (Wildman–Crippen MR) is 64.3 cm³/mol. The van der Waals surface area contributed by atoms with Gasteiger partial charge < -0.3 is 15.3 Å². The van der Waals surface area contributed by atoms with Crippen molar-refractivity contribution in [2.75, 3.05) is 18.5 Å². The van der Waals surface area contributed by atoms with E-state index in [2.05, 4.69) is 5.32 Å². The first-order valence-corrected chi connectivity index (χ1v) is 5.48. The minimum atomic E-state index is -0.348. The number of nitrogens with one attached hydrogen (secondary N) is 1. The molecule has 0 bridgehead atoms. The zero-order valence-electron chi connectivity index (χ0n) is 9.98. The number of carbonyl (C=O) groups is 1. The Morgan fingerprint density at radius 3 is 2.47 bits per heavy atom. The van der Waals surface area contributed by atoms with E-state index in [4.69, 9.17) is 5.11 Å². The Morgan fingerprint density at radius 2 is 2.00 bits per heavy atom. The molecular formula is C12H17FN2O2. The summed E-state index contributed by atoms with van der Waals surface area (Å²) >= 11 is 0. The Balaban J connectivity index is 2.66. The third-order valence-corrected chi connectivity index (χ3v) is 2.32. The number of urea groups is 1. The topological polar surface area (TPSA) is 52.6 Å². The molecular weight excluding hydrogens is 223 g/mol. The molecule has 0 aliphatic carbocycles. The molecule has 0 fully saturated rings. The number of hydrogen-bond donors (Lipinski definition) is 2. The lowest BCUT2D eigenvalue weighted by Crippen LogP contribution is -2.41. The normalized spacial score (nSPS) is 10.4. The van der Waals surface area contributed by atoms with E-state index in [-0.39, 0.29) is 31.0 Å². The molecule has 0 saturated heterocycles. The summed E-state index contributed by atoms with van der Waals surface area (Å²) in [5.74, 6) is -0.348. The maximum absolute atomic E-state index is 12.7. The van der Waals surface area contributed by atoms with Gasteiger partial charge in [0.05, 0.1) is 6.61 Å². The molecule has 94 valence electrons. The summed E-state index contributed by atoms with van der Waals surface area (Å²) in [6, 6.07) is 5.22. The predicted octanol–water partition coefficient (Wildman–Crippen LogP) is 2.06. The zero-order valence-corrected chi connectivity index (χ0v) is 9.98. The van der Waals surface area contributed by atoms with Crippen LogP contribution in [0.4, 0.5) is 14.9 Å². The van der Waals surface area contributed by atoms with E-state index in [0.717, 1.165) is 0 Å². The van der Waals surface area contributed by atoms with Crippen LogP contribution in [0.2, 0.25) is 0 Å². The van der Waals surface area contributed by atoms with Gasteiger partial charge in [-0.1, -0.05) is 0 Å². The van der Waals surface area contributed by atoms with Crippen molar-refractivity contribution >= 4 is 11.7 Å². The number of amides is 2. The standard InChI is InChI=1S/C12H17FN2O2/c1-9(2)15(7-8-16)12(17)14-11-5-3-10(13)4-6-11/h3-6,9,16H,7-8H2,1-2H3,(H,14,17). The van der Waals surface area contributed by atoms with Crippen molar-refractivity contribution in [2.45, 2.75) is 19.9 Å². The number of rotatable bonds is 4. The van der Waals surface area contributed by atoms with Crippen molar-refractivity contribution in [1.29, 1.82) is 0 Å². The van der Waals surface area contributed by atoms with Gasteiger partial charge in [0.2, 0.25) is 0 Å². The van der Waals surface area contributed by atoms with Crippen LogP contribution in [-0.2, 0) is 0 Å². The first-order valence-electron chi connectivity index (χ1n) is 5.48. The number of anilines is 1. The van der Waals surface area contributed by atoms with Crippen molar-refractivity contribution in [3.8, 4) is 0 Å². The Morgan fingerprint density at radius 1 is 1.41 bits per heavy atom. The number of aliphatic hydroxyl groups is 1. The van der Waals surface area contributed by atoms with Crippen LogP contribution in [0.15, 0.2) is 24.3 Å². The fraction of sp³-hybridized carbons (Fsp3) is 0.417. The first kappa shape index (κ1) is 13.4. The zero-order chi connectivity index (χ0) is 12.8. The van der Waals surface area contributed by atoms with Gasteiger partial charge in [-0.3, -0.25) is 0 Å². The van der Waals surface area contributed by atoms with E-state index >= 15 is 0 Å². The molecule has 2 N–H and O–H groups in total. The summed E-state index contributed by atoms with van der Waals surface area (Å²) in [7, 11) is 0. The fourth-order valence-electron chi connectivity index (χ4n) is 1.43. The lowest BCUT2D eigenvalue weighted by atomic mass is 10.3. The Hall–Kier alpha value is -1.62. The van der Waals surface area contributed by atoms with Crippen molar-refractivity contribution in [3.05, 3.63) is 30.1 Å². The highest BCUT2D eigenvalue weighted by Crippen LogP contribution is 2.10. The average molecular weight is 240 g/mol. The van der Waals surface area contributed by atoms with Crippen LogP contribution in [0.25, 0.3) is 0 Å². The monoisotopic (exact) mass is 240 g/mol. The van der Waals surface area contributed by atoms with E-state index in [0.29, 0.717) is 5.69 Å². The molecule has 0 aromatic heterocycles. The summed E-state index contributed by atoms with van der Waals surface area (Å²) in [6.07, 6.45) is 0. The third-order valence-electron chi connectivity index (χ3n) is 2.32. The minimum absolute atomic E-state index is 0.0115. The summed E-state index contributed by atoms with van der Waals surface area (Å²) in [5.41, 5.74) is 0.528. The van der Waals surface area contributed by atoms with Gasteiger partial charge in [0.25, 0.3) is 0 Å². The number of carbonyl (C=O) groups excluding carboxylic acids is 1. The lowest BCUT2D eigenvalue weighted by Gasteiger charge is -2.26. The van der Waals surface area contributed by atoms with Crippen LogP contribution in [-0.4, -0.2) is 35.2 Å². The Kier molecular flexibility index (Phi) is 4.90. The molecule has 0 aliphatic heterocycles. The van der Waals surface area contributed by atoms with Crippen LogP contribution < -0.4 is 5.32 Å². The van der Waals surface area contributed by atoms with E-state index in [9.17, 15) is 9.18 Å². The molecule has 2 amide bonds. The molecule has 0 saturated carbocycles. The largest absolute Gasteiger partial charge is 0.395 e. The molecule has 5 heteroatoms. The molecule has 17 heavy (non-hydrogen) atoms. The van der Waals surface area contributed by atoms with Gasteiger partial charge in [0.1, 0.15) is 5.82 Å². The second-order valence-corrected chi connectivity index (χ2v) is 3.95. The van der Waals surface area contributed by atoms with E-state index < -0.39 is 0 Å². The third kappa shape index (κ3) is 4.03. The van der Waals surface area contributed by atoms with Gasteiger partial charge in [-0.15, -0.1) is 0 Å². The molecule has 0 heterocycles. The summed E-state index contributed by atoms with van der Waals surface area (Å²) in [6.45, 7) is 3.90. The van der Waals surface area contributed by atoms with Crippen molar-refractivity contribution in [2.24, 2.45) is 0 Å². The van der Waals surface area contributed by atoms with Gasteiger partial charge in [0, 0.05) is 18.3 Å². The summed E-state index contributed by atoms with van der Waals surface area (Å²) in [4.78, 5) is 13.3. The van der Waals surface area contributed by atoms with Crippen molar-refractivity contribution < 1.29 is 14.3 Å². The highest BCUT2D eigenvalue weighted by molar-refractivity contribution is 5.89. The maximum atomic E-state index is 12.7. The molecule has 1 rings (SSSR count). The molecule has 0 unspecified atom stereocenters. The van der Waals surface area contributed by atoms with Gasteiger partial charge in [-0.25, -0.2) is 9.18 Å². The second kappa shape index (κ2) is 6.20. The molecule has 4 nitrogen and oxygen atoms in total. The van der Waals surface area contributed by atoms with Crippen LogP contribution in [0.5, 0.6) is 0 Å². The molecule has 0 atom stereocenters. The average Bonchev–Trinajstić information content (AvgIpc) is 2.28. The highest BCUT2D eigenvalue weighted by atomic mass is 19.1. The Labute approximate surface area is 100 Å². The van der Waals surface area contributed by atoms with E-state index in [1.165, 1.54) is 29.2 Å². The molecule has 0 aliphatic rings. The quantitative estimate of drug-likeness (QED) is 0.846. The van der Waals surface area contributed by atoms with Gasteiger partial charge in [-0.05, 0) is 38.1 Å². The molecule has 1 aromatic carbocycles. The SMILES string of the molecule is CC(C)N(CCO)C(=O)Nc1ccc(F)cc1. The van der Waals surface area contributed by atoms with Crippen LogP contribution >= 0.6 is 0 Å². The van der Waals surface area contributed by atoms with Crippen molar-refractivity contribution in [1.82, 2.24) is 4.90 Å². The van der Waals surface area contributed by atoms with Gasteiger partial charge in [-0.2, -0.15) is 0 Å². The summed E-state index contributed by atoms with van der Waals surface area (Å²) < 4.78 is 12.7. The highest BCUT2D eigenvalue weighted by Gasteiger charge is 2.15. The molecule has 0 radical (unpaired) electrons. The van der Waals surface area contributed by atoms with Crippen LogP contribution in [0.3, 0.4) is 0 Å². The smallest absolute Gasteiger partial charge is 0.322 e. The maximum Gasteiger partial charge on any atom is 0.322 e. The first-order chi connectivity index (χ1) is 8.04. The van der Waals surface area contributed by atoms with Crippen molar-refractivity contribution in [3.63, 3.8) is 0 Å². The molecule has 0 spiro atoms. The fourth-order valence-corrected chi connectivity index (χ4v) is 1.43. The van der Waals surface area contributed by atoms with Gasteiger partial charge >= 0.3 is 6.03 Å². The number of halogens is 1. The van der Waals surface area contributed by atoms with Crippen LogP contribution in [0.1, 0.15) is 13.8 Å². The van der Waals surface area contributed by atoms with Gasteiger partial charge in [0.15, 0.2) is 0 Å².